The number of carbonyl (C=O) groups is 2. The van der Waals surface area contributed by atoms with Crippen molar-refractivity contribution in [2.75, 3.05) is 11.9 Å². The Morgan fingerprint density at radius 3 is 2.57 bits per heavy atom. The first kappa shape index (κ1) is 20.2. The standard InChI is InChI=1S/C24H21BrN2O3/c1-15-7-8-17(13-21(15)27-23(28)16-5-3-2-4-6-16)24(29)26-20-11-12-30-22-10-9-18(25)14-19(20)22/h2-10,13-14,20H,11-12H2,1H3,(H,26,29)(H,27,28). The summed E-state index contributed by atoms with van der Waals surface area (Å²) in [6, 6.07) is 20.0. The maximum atomic E-state index is 13.0. The molecular formula is C24H21BrN2O3. The number of aryl methyl sites for hydroxylation is 1. The number of amides is 2. The number of halogens is 1. The van der Waals surface area contributed by atoms with Crippen LogP contribution in [0.1, 0.15) is 44.3 Å². The fourth-order valence-electron chi connectivity index (χ4n) is 3.44. The lowest BCUT2D eigenvalue weighted by Gasteiger charge is -2.27. The minimum atomic E-state index is -0.209. The van der Waals surface area contributed by atoms with Crippen LogP contribution < -0.4 is 15.4 Å². The molecule has 152 valence electrons. The summed E-state index contributed by atoms with van der Waals surface area (Å²) in [5.41, 5.74) is 3.51. The first-order chi connectivity index (χ1) is 14.5. The molecule has 0 bridgehead atoms. The fourth-order valence-corrected chi connectivity index (χ4v) is 3.82. The molecule has 1 heterocycles. The zero-order chi connectivity index (χ0) is 21.1. The molecule has 0 aliphatic carbocycles. The number of fused-ring (bicyclic) bond motifs is 1. The van der Waals surface area contributed by atoms with E-state index < -0.39 is 0 Å². The predicted molar refractivity (Wildman–Crippen MR) is 120 cm³/mol. The zero-order valence-corrected chi connectivity index (χ0v) is 18.0. The molecule has 4 rings (SSSR count). The molecule has 0 radical (unpaired) electrons. The SMILES string of the molecule is Cc1ccc(C(=O)NC2CCOc3ccc(Br)cc32)cc1NC(=O)c1ccccc1. The van der Waals surface area contributed by atoms with Gasteiger partial charge in [-0.2, -0.15) is 0 Å². The van der Waals surface area contributed by atoms with Gasteiger partial charge < -0.3 is 15.4 Å². The second kappa shape index (κ2) is 8.71. The van der Waals surface area contributed by atoms with Crippen LogP contribution in [-0.2, 0) is 0 Å². The predicted octanol–water partition coefficient (Wildman–Crippen LogP) is 5.26. The molecule has 3 aromatic rings. The summed E-state index contributed by atoms with van der Waals surface area (Å²) >= 11 is 3.48. The van der Waals surface area contributed by atoms with Gasteiger partial charge in [0.1, 0.15) is 5.75 Å². The van der Waals surface area contributed by atoms with E-state index in [0.29, 0.717) is 29.8 Å². The van der Waals surface area contributed by atoms with Crippen molar-refractivity contribution in [3.05, 3.63) is 93.5 Å². The summed E-state index contributed by atoms with van der Waals surface area (Å²) in [5, 5.41) is 6.00. The van der Waals surface area contributed by atoms with Crippen LogP contribution in [0.4, 0.5) is 5.69 Å². The quantitative estimate of drug-likeness (QED) is 0.552. The van der Waals surface area contributed by atoms with Gasteiger partial charge in [0, 0.05) is 33.3 Å². The van der Waals surface area contributed by atoms with Gasteiger partial charge in [0.05, 0.1) is 12.6 Å². The minimum Gasteiger partial charge on any atom is -0.493 e. The fraction of sp³-hybridized carbons (Fsp3) is 0.167. The Hall–Kier alpha value is -3.12. The van der Waals surface area contributed by atoms with Gasteiger partial charge in [-0.1, -0.05) is 40.2 Å². The smallest absolute Gasteiger partial charge is 0.255 e. The van der Waals surface area contributed by atoms with Crippen molar-refractivity contribution >= 4 is 33.4 Å². The summed E-state index contributed by atoms with van der Waals surface area (Å²) in [6.07, 6.45) is 0.693. The number of ether oxygens (including phenoxy) is 1. The number of hydrogen-bond acceptors (Lipinski definition) is 3. The molecule has 2 N–H and O–H groups in total. The maximum Gasteiger partial charge on any atom is 0.255 e. The van der Waals surface area contributed by atoms with E-state index in [0.717, 1.165) is 21.3 Å². The Bertz CT molecular complexity index is 1100. The highest BCUT2D eigenvalue weighted by molar-refractivity contribution is 9.10. The molecule has 0 saturated carbocycles. The summed E-state index contributed by atoms with van der Waals surface area (Å²) in [6.45, 7) is 2.44. The number of hydrogen-bond donors (Lipinski definition) is 2. The molecule has 1 aliphatic heterocycles. The lowest BCUT2D eigenvalue weighted by atomic mass is 10.00. The summed E-state index contributed by atoms with van der Waals surface area (Å²) in [4.78, 5) is 25.5. The van der Waals surface area contributed by atoms with Gasteiger partial charge >= 0.3 is 0 Å². The molecule has 0 spiro atoms. The van der Waals surface area contributed by atoms with Gasteiger partial charge in [0.15, 0.2) is 0 Å². The van der Waals surface area contributed by atoms with Crippen molar-refractivity contribution < 1.29 is 14.3 Å². The van der Waals surface area contributed by atoms with Crippen LogP contribution in [0.25, 0.3) is 0 Å². The third-order valence-corrected chi connectivity index (χ3v) is 5.59. The van der Waals surface area contributed by atoms with Gasteiger partial charge in [-0.05, 0) is 55.0 Å². The highest BCUT2D eigenvalue weighted by Gasteiger charge is 2.24. The average Bonchev–Trinajstić information content (AvgIpc) is 2.76. The third kappa shape index (κ3) is 4.39. The Balaban J connectivity index is 1.52. The molecule has 3 aromatic carbocycles. The Morgan fingerprint density at radius 2 is 1.77 bits per heavy atom. The van der Waals surface area contributed by atoms with Crippen LogP contribution in [0.5, 0.6) is 5.75 Å². The highest BCUT2D eigenvalue weighted by atomic mass is 79.9. The van der Waals surface area contributed by atoms with E-state index in [1.807, 2.05) is 49.4 Å². The molecule has 1 atom stereocenters. The van der Waals surface area contributed by atoms with Gasteiger partial charge in [0.2, 0.25) is 0 Å². The number of anilines is 1. The van der Waals surface area contributed by atoms with Crippen LogP contribution in [0, 0.1) is 6.92 Å². The molecule has 30 heavy (non-hydrogen) atoms. The topological polar surface area (TPSA) is 67.4 Å². The number of rotatable bonds is 4. The molecule has 1 unspecified atom stereocenters. The number of benzene rings is 3. The number of nitrogens with one attached hydrogen (secondary N) is 2. The average molecular weight is 465 g/mol. The van der Waals surface area contributed by atoms with Gasteiger partial charge in [0.25, 0.3) is 11.8 Å². The first-order valence-corrected chi connectivity index (χ1v) is 10.5. The number of carbonyl (C=O) groups excluding carboxylic acids is 2. The summed E-state index contributed by atoms with van der Waals surface area (Å²) in [7, 11) is 0. The van der Waals surface area contributed by atoms with Crippen molar-refractivity contribution in [1.82, 2.24) is 5.32 Å². The molecule has 6 heteroatoms. The zero-order valence-electron chi connectivity index (χ0n) is 16.4. The van der Waals surface area contributed by atoms with Crippen LogP contribution in [0.3, 0.4) is 0 Å². The Labute approximate surface area is 183 Å². The Kier molecular flexibility index (Phi) is 5.86. The second-order valence-electron chi connectivity index (χ2n) is 7.20. The molecule has 2 amide bonds. The van der Waals surface area contributed by atoms with Gasteiger partial charge in [-0.3, -0.25) is 9.59 Å². The van der Waals surface area contributed by atoms with Gasteiger partial charge in [-0.25, -0.2) is 0 Å². The lowest BCUT2D eigenvalue weighted by molar-refractivity contribution is 0.0923. The van der Waals surface area contributed by atoms with Crippen LogP contribution in [-0.4, -0.2) is 18.4 Å². The first-order valence-electron chi connectivity index (χ1n) is 9.71. The highest BCUT2D eigenvalue weighted by Crippen LogP contribution is 2.34. The second-order valence-corrected chi connectivity index (χ2v) is 8.11. The lowest BCUT2D eigenvalue weighted by Crippen LogP contribution is -2.32. The molecule has 0 aromatic heterocycles. The van der Waals surface area contributed by atoms with Crippen LogP contribution >= 0.6 is 15.9 Å². The van der Waals surface area contributed by atoms with E-state index in [-0.39, 0.29) is 17.9 Å². The van der Waals surface area contributed by atoms with E-state index in [1.54, 1.807) is 24.3 Å². The van der Waals surface area contributed by atoms with Gasteiger partial charge in [-0.15, -0.1) is 0 Å². The molecule has 1 aliphatic rings. The van der Waals surface area contributed by atoms with E-state index in [2.05, 4.69) is 26.6 Å². The van der Waals surface area contributed by atoms with E-state index >= 15 is 0 Å². The third-order valence-electron chi connectivity index (χ3n) is 5.10. The summed E-state index contributed by atoms with van der Waals surface area (Å²) < 4.78 is 6.63. The van der Waals surface area contributed by atoms with Crippen LogP contribution in [0.2, 0.25) is 0 Å². The van der Waals surface area contributed by atoms with Crippen molar-refractivity contribution in [1.29, 1.82) is 0 Å². The largest absolute Gasteiger partial charge is 0.493 e. The normalized spacial score (nSPS) is 14.9. The molecular weight excluding hydrogens is 444 g/mol. The molecule has 0 saturated heterocycles. The molecule has 5 nitrogen and oxygen atoms in total. The van der Waals surface area contributed by atoms with Crippen molar-refractivity contribution in [3.63, 3.8) is 0 Å². The van der Waals surface area contributed by atoms with E-state index in [1.165, 1.54) is 0 Å². The van der Waals surface area contributed by atoms with Crippen molar-refractivity contribution in [2.24, 2.45) is 0 Å². The summed E-state index contributed by atoms with van der Waals surface area (Å²) in [5.74, 6) is 0.386. The maximum absolute atomic E-state index is 13.0. The van der Waals surface area contributed by atoms with E-state index in [4.69, 9.17) is 4.74 Å². The van der Waals surface area contributed by atoms with E-state index in [9.17, 15) is 9.59 Å². The van der Waals surface area contributed by atoms with Crippen molar-refractivity contribution in [2.45, 2.75) is 19.4 Å². The molecule has 0 fully saturated rings. The van der Waals surface area contributed by atoms with Crippen LogP contribution in [0.15, 0.2) is 71.2 Å². The van der Waals surface area contributed by atoms with Crippen molar-refractivity contribution in [3.8, 4) is 5.75 Å². The Morgan fingerprint density at radius 1 is 0.967 bits per heavy atom. The monoisotopic (exact) mass is 464 g/mol. The minimum absolute atomic E-state index is 0.137.